The summed E-state index contributed by atoms with van der Waals surface area (Å²) in [4.78, 5) is 11.3. The summed E-state index contributed by atoms with van der Waals surface area (Å²) in [5.41, 5.74) is 1.54. The van der Waals surface area contributed by atoms with Gasteiger partial charge in [-0.3, -0.25) is 4.79 Å². The van der Waals surface area contributed by atoms with E-state index in [9.17, 15) is 9.90 Å². The summed E-state index contributed by atoms with van der Waals surface area (Å²) in [6, 6.07) is 4.89. The fraction of sp³-hybridized carbons (Fsp3) is 0.250. The molecule has 1 aromatic heterocycles. The van der Waals surface area contributed by atoms with Gasteiger partial charge in [-0.2, -0.15) is 0 Å². The quantitative estimate of drug-likeness (QED) is 0.836. The molecule has 2 aromatic rings. The third-order valence-corrected chi connectivity index (χ3v) is 2.42. The molecule has 3 nitrogen and oxygen atoms in total. The zero-order valence-electron chi connectivity index (χ0n) is 8.49. The third kappa shape index (κ3) is 1.86. The van der Waals surface area contributed by atoms with Crippen molar-refractivity contribution in [2.24, 2.45) is 0 Å². The predicted molar refractivity (Wildman–Crippen MR) is 56.9 cm³/mol. The van der Waals surface area contributed by atoms with Gasteiger partial charge in [-0.25, -0.2) is 0 Å². The highest BCUT2D eigenvalue weighted by molar-refractivity contribution is 5.89. The van der Waals surface area contributed by atoms with Crippen LogP contribution < -0.4 is 0 Å². The Hall–Kier alpha value is -1.77. The summed E-state index contributed by atoms with van der Waals surface area (Å²) in [7, 11) is 0. The van der Waals surface area contributed by atoms with Crippen molar-refractivity contribution in [3.63, 3.8) is 0 Å². The normalized spacial score (nSPS) is 10.7. The number of carbonyl (C=O) groups is 1. The summed E-state index contributed by atoms with van der Waals surface area (Å²) < 4.78 is 5.29. The summed E-state index contributed by atoms with van der Waals surface area (Å²) >= 11 is 0. The molecular formula is C12H12O3. The first-order chi connectivity index (χ1) is 7.20. The van der Waals surface area contributed by atoms with E-state index in [1.54, 1.807) is 24.5 Å². The van der Waals surface area contributed by atoms with Crippen LogP contribution in [0.3, 0.4) is 0 Å². The zero-order valence-corrected chi connectivity index (χ0v) is 8.49. The molecule has 0 radical (unpaired) electrons. The lowest BCUT2D eigenvalue weighted by Crippen LogP contribution is -1.99. The van der Waals surface area contributed by atoms with Crippen molar-refractivity contribution >= 4 is 16.8 Å². The molecule has 0 aliphatic rings. The second-order valence-electron chi connectivity index (χ2n) is 3.51. The van der Waals surface area contributed by atoms with Gasteiger partial charge in [0.05, 0.1) is 6.26 Å². The highest BCUT2D eigenvalue weighted by Crippen LogP contribution is 2.25. The van der Waals surface area contributed by atoms with E-state index in [1.807, 2.05) is 6.92 Å². The molecule has 0 atom stereocenters. The van der Waals surface area contributed by atoms with E-state index < -0.39 is 0 Å². The molecule has 3 heteroatoms. The second kappa shape index (κ2) is 3.77. The van der Waals surface area contributed by atoms with Crippen molar-refractivity contribution in [2.45, 2.75) is 19.8 Å². The van der Waals surface area contributed by atoms with E-state index in [-0.39, 0.29) is 11.5 Å². The first kappa shape index (κ1) is 9.77. The van der Waals surface area contributed by atoms with Crippen molar-refractivity contribution in [3.05, 3.63) is 30.0 Å². The number of phenolic OH excluding ortho intramolecular Hbond substituents is 1. The first-order valence-corrected chi connectivity index (χ1v) is 4.91. The van der Waals surface area contributed by atoms with Gasteiger partial charge in [0.15, 0.2) is 0 Å². The Balaban J connectivity index is 2.43. The molecule has 0 aliphatic carbocycles. The van der Waals surface area contributed by atoms with Crippen LogP contribution in [0.5, 0.6) is 5.75 Å². The van der Waals surface area contributed by atoms with E-state index in [1.165, 1.54) is 0 Å². The average Bonchev–Trinajstić information content (AvgIpc) is 2.61. The highest BCUT2D eigenvalue weighted by atomic mass is 16.3. The number of rotatable bonds is 3. The standard InChI is InChI=1S/C12H12O3/c1-2-9(13)5-8-7-15-12-4-3-10(14)6-11(8)12/h3-4,6-7,14H,2,5H2,1H3. The van der Waals surface area contributed by atoms with Gasteiger partial charge in [0.25, 0.3) is 0 Å². The Kier molecular flexibility index (Phi) is 2.46. The largest absolute Gasteiger partial charge is 0.508 e. The lowest BCUT2D eigenvalue weighted by molar-refractivity contribution is -0.118. The van der Waals surface area contributed by atoms with Crippen LogP contribution in [-0.2, 0) is 11.2 Å². The fourth-order valence-electron chi connectivity index (χ4n) is 1.54. The molecule has 0 aliphatic heterocycles. The molecule has 0 bridgehead atoms. The number of Topliss-reactive ketones (excluding diaryl/α,β-unsaturated/α-hetero) is 1. The molecule has 1 N–H and O–H groups in total. The minimum atomic E-state index is 0.168. The van der Waals surface area contributed by atoms with Crippen molar-refractivity contribution < 1.29 is 14.3 Å². The summed E-state index contributed by atoms with van der Waals surface area (Å²) in [6.07, 6.45) is 2.47. The molecule has 0 unspecified atom stereocenters. The third-order valence-electron chi connectivity index (χ3n) is 2.42. The first-order valence-electron chi connectivity index (χ1n) is 4.91. The van der Waals surface area contributed by atoms with Crippen LogP contribution in [0.1, 0.15) is 18.9 Å². The second-order valence-corrected chi connectivity index (χ2v) is 3.51. The SMILES string of the molecule is CCC(=O)Cc1coc2ccc(O)cc12. The lowest BCUT2D eigenvalue weighted by Gasteiger charge is -1.96. The van der Waals surface area contributed by atoms with Crippen molar-refractivity contribution in [1.29, 1.82) is 0 Å². The number of fused-ring (bicyclic) bond motifs is 1. The molecule has 15 heavy (non-hydrogen) atoms. The molecule has 0 amide bonds. The van der Waals surface area contributed by atoms with Gasteiger partial charge in [-0.1, -0.05) is 6.92 Å². The maximum atomic E-state index is 11.3. The monoisotopic (exact) mass is 204 g/mol. The van der Waals surface area contributed by atoms with E-state index in [0.717, 1.165) is 10.9 Å². The lowest BCUT2D eigenvalue weighted by atomic mass is 10.1. The van der Waals surface area contributed by atoms with Crippen molar-refractivity contribution in [1.82, 2.24) is 0 Å². The number of furan rings is 1. The highest BCUT2D eigenvalue weighted by Gasteiger charge is 2.09. The fourth-order valence-corrected chi connectivity index (χ4v) is 1.54. The van der Waals surface area contributed by atoms with Gasteiger partial charge >= 0.3 is 0 Å². The Bertz CT molecular complexity index is 497. The summed E-state index contributed by atoms with van der Waals surface area (Å²) in [5.74, 6) is 0.357. The number of carbonyl (C=O) groups excluding carboxylic acids is 1. The topological polar surface area (TPSA) is 50.4 Å². The molecule has 1 heterocycles. The number of benzene rings is 1. The smallest absolute Gasteiger partial charge is 0.137 e. The number of aromatic hydroxyl groups is 1. The van der Waals surface area contributed by atoms with Crippen LogP contribution in [0.15, 0.2) is 28.9 Å². The van der Waals surface area contributed by atoms with Gasteiger partial charge in [0, 0.05) is 23.8 Å². The minimum Gasteiger partial charge on any atom is -0.508 e. The van der Waals surface area contributed by atoms with Gasteiger partial charge in [0.2, 0.25) is 0 Å². The van der Waals surface area contributed by atoms with Crippen molar-refractivity contribution in [3.8, 4) is 5.75 Å². The van der Waals surface area contributed by atoms with Crippen LogP contribution in [-0.4, -0.2) is 10.9 Å². The maximum absolute atomic E-state index is 11.3. The molecule has 0 saturated carbocycles. The average molecular weight is 204 g/mol. The molecule has 0 spiro atoms. The van der Waals surface area contributed by atoms with Gasteiger partial charge in [-0.15, -0.1) is 0 Å². The van der Waals surface area contributed by atoms with E-state index in [0.29, 0.717) is 18.4 Å². The summed E-state index contributed by atoms with van der Waals surface area (Å²) in [5, 5.41) is 10.2. The number of hydrogen-bond acceptors (Lipinski definition) is 3. The minimum absolute atomic E-state index is 0.168. The zero-order chi connectivity index (χ0) is 10.8. The van der Waals surface area contributed by atoms with Crippen LogP contribution in [0.2, 0.25) is 0 Å². The van der Waals surface area contributed by atoms with E-state index in [2.05, 4.69) is 0 Å². The van der Waals surface area contributed by atoms with Crippen molar-refractivity contribution in [2.75, 3.05) is 0 Å². The molecule has 0 fully saturated rings. The Morgan fingerprint density at radius 3 is 3.00 bits per heavy atom. The predicted octanol–water partition coefficient (Wildman–Crippen LogP) is 2.66. The molecule has 0 saturated heterocycles. The number of phenols is 1. The van der Waals surface area contributed by atoms with Crippen LogP contribution in [0, 0.1) is 0 Å². The molecule has 78 valence electrons. The number of ketones is 1. The Morgan fingerprint density at radius 2 is 2.27 bits per heavy atom. The molecular weight excluding hydrogens is 192 g/mol. The Morgan fingerprint density at radius 1 is 1.47 bits per heavy atom. The number of hydrogen-bond donors (Lipinski definition) is 1. The maximum Gasteiger partial charge on any atom is 0.137 e. The van der Waals surface area contributed by atoms with E-state index in [4.69, 9.17) is 4.42 Å². The van der Waals surface area contributed by atoms with Crippen LogP contribution in [0.4, 0.5) is 0 Å². The van der Waals surface area contributed by atoms with Crippen LogP contribution in [0.25, 0.3) is 11.0 Å². The molecule has 2 rings (SSSR count). The Labute approximate surface area is 87.3 Å². The van der Waals surface area contributed by atoms with Gasteiger partial charge in [0.1, 0.15) is 17.1 Å². The van der Waals surface area contributed by atoms with Gasteiger partial charge < -0.3 is 9.52 Å². The molecule has 1 aromatic carbocycles. The van der Waals surface area contributed by atoms with E-state index >= 15 is 0 Å². The van der Waals surface area contributed by atoms with Crippen LogP contribution >= 0.6 is 0 Å². The van der Waals surface area contributed by atoms with Gasteiger partial charge in [-0.05, 0) is 18.2 Å². The summed E-state index contributed by atoms with van der Waals surface area (Å²) in [6.45, 7) is 1.84.